The van der Waals surface area contributed by atoms with Crippen LogP contribution >= 0.6 is 0 Å². The van der Waals surface area contributed by atoms with Gasteiger partial charge in [0.2, 0.25) is 5.91 Å². The molecule has 0 spiro atoms. The van der Waals surface area contributed by atoms with Gasteiger partial charge in [0, 0.05) is 13.1 Å². The van der Waals surface area contributed by atoms with Crippen molar-refractivity contribution >= 4 is 5.91 Å². The molecule has 1 aromatic rings. The third kappa shape index (κ3) is 4.78. The van der Waals surface area contributed by atoms with Gasteiger partial charge < -0.3 is 10.4 Å². The molecule has 0 heterocycles. The Balaban J connectivity index is 1.73. The maximum atomic E-state index is 13.4. The second kappa shape index (κ2) is 7.70. The molecule has 2 unspecified atom stereocenters. The van der Waals surface area contributed by atoms with Crippen molar-refractivity contribution in [2.45, 2.75) is 38.8 Å². The monoisotopic (exact) mass is 308 g/mol. The molecule has 0 radical (unpaired) electrons. The smallest absolute Gasteiger partial charge is 0.234 e. The number of aliphatic hydroxyl groups is 1. The number of nitrogens with one attached hydrogen (secondary N) is 1. The average Bonchev–Trinajstić information content (AvgIpc) is 2.85. The van der Waals surface area contributed by atoms with Gasteiger partial charge in [-0.1, -0.05) is 18.6 Å². The molecule has 2 N–H and O–H groups in total. The van der Waals surface area contributed by atoms with E-state index in [0.717, 1.165) is 31.4 Å². The number of amides is 1. The maximum Gasteiger partial charge on any atom is 0.234 e. The lowest BCUT2D eigenvalue weighted by atomic mass is 10.1. The number of aliphatic hydroxyl groups excluding tert-OH is 1. The normalized spacial score (nSPS) is 21.3. The highest BCUT2D eigenvalue weighted by Crippen LogP contribution is 2.25. The molecule has 4 nitrogen and oxygen atoms in total. The number of halogens is 1. The minimum absolute atomic E-state index is 0.0871. The minimum Gasteiger partial charge on any atom is -0.393 e. The summed E-state index contributed by atoms with van der Waals surface area (Å²) in [4.78, 5) is 13.9. The van der Waals surface area contributed by atoms with Crippen LogP contribution in [-0.2, 0) is 11.3 Å². The fraction of sp³-hybridized carbons (Fsp3) is 0.588. The number of rotatable bonds is 6. The zero-order valence-electron chi connectivity index (χ0n) is 13.3. The number of carbonyl (C=O) groups is 1. The molecule has 0 aromatic heterocycles. The van der Waals surface area contributed by atoms with Crippen molar-refractivity contribution in [2.75, 3.05) is 20.1 Å². The summed E-state index contributed by atoms with van der Waals surface area (Å²) in [7, 11) is 1.89. The van der Waals surface area contributed by atoms with Crippen molar-refractivity contribution in [3.05, 3.63) is 35.1 Å². The summed E-state index contributed by atoms with van der Waals surface area (Å²) in [5.41, 5.74) is 1.36. The van der Waals surface area contributed by atoms with E-state index >= 15 is 0 Å². The summed E-state index contributed by atoms with van der Waals surface area (Å²) in [6, 6.07) is 4.98. The molecule has 1 aliphatic carbocycles. The molecular weight excluding hydrogens is 283 g/mol. The van der Waals surface area contributed by atoms with Crippen LogP contribution in [0.25, 0.3) is 0 Å². The summed E-state index contributed by atoms with van der Waals surface area (Å²) >= 11 is 0. The van der Waals surface area contributed by atoms with Gasteiger partial charge in [-0.15, -0.1) is 0 Å². The minimum atomic E-state index is -0.251. The van der Waals surface area contributed by atoms with Crippen LogP contribution in [0, 0.1) is 18.7 Å². The third-order valence-electron chi connectivity index (χ3n) is 4.30. The Morgan fingerprint density at radius 3 is 2.86 bits per heavy atom. The van der Waals surface area contributed by atoms with Crippen LogP contribution in [-0.4, -0.2) is 42.2 Å². The van der Waals surface area contributed by atoms with Crippen LogP contribution in [0.3, 0.4) is 0 Å². The standard InChI is InChI=1S/C17H25FN2O2/c1-12-6-7-13(8-15(12)18)9-19-17(22)11-20(2)10-14-4-3-5-16(14)21/h6-8,14,16,21H,3-5,9-11H2,1-2H3,(H,19,22). The lowest BCUT2D eigenvalue weighted by molar-refractivity contribution is -0.122. The highest BCUT2D eigenvalue weighted by molar-refractivity contribution is 5.77. The van der Waals surface area contributed by atoms with Gasteiger partial charge in [0.1, 0.15) is 5.82 Å². The molecule has 2 rings (SSSR count). The number of aryl methyl sites for hydroxylation is 1. The molecular formula is C17H25FN2O2. The lowest BCUT2D eigenvalue weighted by Gasteiger charge is -2.22. The van der Waals surface area contributed by atoms with Crippen LogP contribution in [0.4, 0.5) is 4.39 Å². The van der Waals surface area contributed by atoms with E-state index in [1.165, 1.54) is 6.07 Å². The molecule has 0 aliphatic heterocycles. The number of benzene rings is 1. The molecule has 122 valence electrons. The van der Waals surface area contributed by atoms with E-state index in [9.17, 15) is 14.3 Å². The number of nitrogens with zero attached hydrogens (tertiary/aromatic N) is 1. The van der Waals surface area contributed by atoms with Gasteiger partial charge in [-0.25, -0.2) is 4.39 Å². The van der Waals surface area contributed by atoms with Crippen LogP contribution in [0.1, 0.15) is 30.4 Å². The molecule has 1 aliphatic rings. The Bertz CT molecular complexity index is 521. The summed E-state index contributed by atoms with van der Waals surface area (Å²) in [6.45, 7) is 3.06. The molecule has 5 heteroatoms. The Hall–Kier alpha value is -1.46. The molecule has 1 fully saturated rings. The first kappa shape index (κ1) is 16.9. The van der Waals surface area contributed by atoms with E-state index in [-0.39, 0.29) is 30.3 Å². The number of hydrogen-bond donors (Lipinski definition) is 2. The Labute approximate surface area is 131 Å². The molecule has 0 saturated heterocycles. The number of hydrogen-bond acceptors (Lipinski definition) is 3. The van der Waals surface area contributed by atoms with Gasteiger partial charge in [-0.2, -0.15) is 0 Å². The van der Waals surface area contributed by atoms with E-state index in [1.807, 2.05) is 18.0 Å². The Morgan fingerprint density at radius 2 is 2.23 bits per heavy atom. The molecule has 1 saturated carbocycles. The summed E-state index contributed by atoms with van der Waals surface area (Å²) in [6.07, 6.45) is 2.71. The molecule has 0 bridgehead atoms. The molecule has 1 amide bonds. The van der Waals surface area contributed by atoms with Gasteiger partial charge in [-0.3, -0.25) is 9.69 Å². The van der Waals surface area contributed by atoms with E-state index < -0.39 is 0 Å². The van der Waals surface area contributed by atoms with E-state index in [0.29, 0.717) is 12.1 Å². The first-order chi connectivity index (χ1) is 10.5. The highest BCUT2D eigenvalue weighted by Gasteiger charge is 2.26. The summed E-state index contributed by atoms with van der Waals surface area (Å²) in [5.74, 6) is -0.0703. The Morgan fingerprint density at radius 1 is 1.45 bits per heavy atom. The van der Waals surface area contributed by atoms with Crippen molar-refractivity contribution in [2.24, 2.45) is 5.92 Å². The van der Waals surface area contributed by atoms with Gasteiger partial charge >= 0.3 is 0 Å². The van der Waals surface area contributed by atoms with Gasteiger partial charge in [-0.05, 0) is 49.9 Å². The molecule has 22 heavy (non-hydrogen) atoms. The molecule has 1 aromatic carbocycles. The summed E-state index contributed by atoms with van der Waals surface area (Å²) < 4.78 is 13.4. The van der Waals surface area contributed by atoms with Crippen molar-refractivity contribution < 1.29 is 14.3 Å². The topological polar surface area (TPSA) is 52.6 Å². The SMILES string of the molecule is Cc1ccc(CNC(=O)CN(C)CC2CCCC2O)cc1F. The lowest BCUT2D eigenvalue weighted by Crippen LogP contribution is -2.38. The second-order valence-corrected chi connectivity index (χ2v) is 6.32. The second-order valence-electron chi connectivity index (χ2n) is 6.32. The number of carbonyl (C=O) groups excluding carboxylic acids is 1. The first-order valence-electron chi connectivity index (χ1n) is 7.84. The van der Waals surface area contributed by atoms with Crippen molar-refractivity contribution in [1.29, 1.82) is 0 Å². The van der Waals surface area contributed by atoms with Gasteiger partial charge in [0.15, 0.2) is 0 Å². The van der Waals surface area contributed by atoms with E-state index in [1.54, 1.807) is 13.0 Å². The largest absolute Gasteiger partial charge is 0.393 e. The maximum absolute atomic E-state index is 13.4. The van der Waals surface area contributed by atoms with E-state index in [2.05, 4.69) is 5.32 Å². The van der Waals surface area contributed by atoms with E-state index in [4.69, 9.17) is 0 Å². The predicted octanol–water partition coefficient (Wildman–Crippen LogP) is 1.84. The quantitative estimate of drug-likeness (QED) is 0.843. The fourth-order valence-electron chi connectivity index (χ4n) is 2.94. The van der Waals surface area contributed by atoms with Crippen molar-refractivity contribution in [3.8, 4) is 0 Å². The zero-order chi connectivity index (χ0) is 16.1. The summed E-state index contributed by atoms with van der Waals surface area (Å²) in [5, 5.41) is 12.6. The molecule has 2 atom stereocenters. The van der Waals surface area contributed by atoms with Crippen molar-refractivity contribution in [3.63, 3.8) is 0 Å². The van der Waals surface area contributed by atoms with Crippen LogP contribution < -0.4 is 5.32 Å². The third-order valence-corrected chi connectivity index (χ3v) is 4.30. The van der Waals surface area contributed by atoms with Crippen LogP contribution in [0.5, 0.6) is 0 Å². The first-order valence-corrected chi connectivity index (χ1v) is 7.84. The fourth-order valence-corrected chi connectivity index (χ4v) is 2.94. The predicted molar refractivity (Wildman–Crippen MR) is 83.8 cm³/mol. The zero-order valence-corrected chi connectivity index (χ0v) is 13.3. The average molecular weight is 308 g/mol. The van der Waals surface area contributed by atoms with Crippen molar-refractivity contribution in [1.82, 2.24) is 10.2 Å². The van der Waals surface area contributed by atoms with Crippen LogP contribution in [0.2, 0.25) is 0 Å². The van der Waals surface area contributed by atoms with Crippen LogP contribution in [0.15, 0.2) is 18.2 Å². The van der Waals surface area contributed by atoms with Gasteiger partial charge in [0.05, 0.1) is 12.6 Å². The Kier molecular flexibility index (Phi) is 5.91. The number of likely N-dealkylation sites (N-methyl/N-ethyl adjacent to an activating group) is 1. The van der Waals surface area contributed by atoms with Gasteiger partial charge in [0.25, 0.3) is 0 Å². The highest BCUT2D eigenvalue weighted by atomic mass is 19.1.